The minimum atomic E-state index is -0.903. The van der Waals surface area contributed by atoms with Crippen LogP contribution in [0.15, 0.2) is 36.4 Å². The van der Waals surface area contributed by atoms with Crippen molar-refractivity contribution in [2.75, 3.05) is 0 Å². The van der Waals surface area contributed by atoms with Gasteiger partial charge in [0.05, 0.1) is 27.2 Å². The molecule has 0 aliphatic heterocycles. The number of carboxylic acids is 1. The fourth-order valence-corrected chi connectivity index (χ4v) is 3.36. The predicted octanol–water partition coefficient (Wildman–Crippen LogP) is 3.93. The first-order chi connectivity index (χ1) is 10.2. The predicted molar refractivity (Wildman–Crippen MR) is 81.8 cm³/mol. The van der Waals surface area contributed by atoms with Gasteiger partial charge >= 0.3 is 5.97 Å². The van der Waals surface area contributed by atoms with Crippen LogP contribution in [0.3, 0.4) is 0 Å². The summed E-state index contributed by atoms with van der Waals surface area (Å²) in [6.45, 7) is 0. The molecule has 0 atom stereocenters. The van der Waals surface area contributed by atoms with E-state index in [1.165, 1.54) is 0 Å². The summed E-state index contributed by atoms with van der Waals surface area (Å²) < 4.78 is 1.12. The Morgan fingerprint density at radius 1 is 1.14 bits per heavy atom. The van der Waals surface area contributed by atoms with E-state index in [1.807, 2.05) is 24.3 Å². The average molecular weight is 296 g/mol. The molecule has 4 nitrogen and oxygen atoms in total. The third kappa shape index (κ3) is 2.19. The lowest BCUT2D eigenvalue weighted by atomic mass is 10.1. The third-order valence-corrected chi connectivity index (χ3v) is 4.69. The fraction of sp³-hybridized carbons (Fsp3) is 0.188. The van der Waals surface area contributed by atoms with Crippen molar-refractivity contribution in [1.29, 1.82) is 0 Å². The van der Waals surface area contributed by atoms with Gasteiger partial charge in [0.2, 0.25) is 0 Å². The molecule has 1 N–H and O–H groups in total. The second-order valence-electron chi connectivity index (χ2n) is 5.20. The quantitative estimate of drug-likeness (QED) is 0.795. The zero-order valence-corrected chi connectivity index (χ0v) is 11.9. The Balaban J connectivity index is 1.84. The van der Waals surface area contributed by atoms with Gasteiger partial charge in [0.25, 0.3) is 0 Å². The molecule has 0 radical (unpaired) electrons. The van der Waals surface area contributed by atoms with Crippen LogP contribution in [0.5, 0.6) is 0 Å². The van der Waals surface area contributed by atoms with Crippen LogP contribution in [0, 0.1) is 0 Å². The topological polar surface area (TPSA) is 63.1 Å². The van der Waals surface area contributed by atoms with Crippen LogP contribution in [0.1, 0.15) is 34.8 Å². The average Bonchev–Trinajstić information content (AvgIpc) is 3.25. The van der Waals surface area contributed by atoms with Crippen LogP contribution in [0.4, 0.5) is 0 Å². The first kappa shape index (κ1) is 12.5. The molecule has 1 aliphatic carbocycles. The zero-order chi connectivity index (χ0) is 14.4. The number of aromatic nitrogens is 2. The second-order valence-corrected chi connectivity index (χ2v) is 6.23. The third-order valence-electron chi connectivity index (χ3n) is 3.63. The summed E-state index contributed by atoms with van der Waals surface area (Å²) in [7, 11) is 0. The molecule has 0 amide bonds. The fourth-order valence-electron chi connectivity index (χ4n) is 2.42. The number of thiazole rings is 1. The second kappa shape index (κ2) is 4.63. The van der Waals surface area contributed by atoms with Crippen LogP contribution in [0.25, 0.3) is 20.9 Å². The molecule has 2 aromatic heterocycles. The number of hydrogen-bond donors (Lipinski definition) is 1. The maximum atomic E-state index is 11.3. The molecule has 1 aliphatic rings. The highest BCUT2D eigenvalue weighted by molar-refractivity contribution is 7.21. The zero-order valence-electron chi connectivity index (χ0n) is 11.1. The van der Waals surface area contributed by atoms with Gasteiger partial charge in [-0.3, -0.25) is 0 Å². The summed E-state index contributed by atoms with van der Waals surface area (Å²) in [5.74, 6) is -0.606. The maximum absolute atomic E-state index is 11.3. The molecule has 0 spiro atoms. The van der Waals surface area contributed by atoms with Gasteiger partial charge in [-0.15, -0.1) is 11.3 Å². The van der Waals surface area contributed by atoms with Gasteiger partial charge in [0.1, 0.15) is 5.01 Å². The van der Waals surface area contributed by atoms with E-state index >= 15 is 0 Å². The van der Waals surface area contributed by atoms with E-state index in [9.17, 15) is 9.90 Å². The van der Waals surface area contributed by atoms with Crippen molar-refractivity contribution < 1.29 is 9.90 Å². The number of nitrogens with zero attached hydrogens (tertiary/aromatic N) is 2. The van der Waals surface area contributed by atoms with Crippen molar-refractivity contribution in [2.45, 2.75) is 18.8 Å². The number of rotatable bonds is 3. The number of benzene rings is 1. The van der Waals surface area contributed by atoms with Crippen LogP contribution >= 0.6 is 11.3 Å². The molecule has 0 bridgehead atoms. The van der Waals surface area contributed by atoms with E-state index in [-0.39, 0.29) is 0 Å². The molecular formula is C16H12N2O2S. The maximum Gasteiger partial charge on any atom is 0.337 e. The number of pyridine rings is 1. The Morgan fingerprint density at radius 3 is 2.67 bits per heavy atom. The van der Waals surface area contributed by atoms with Gasteiger partial charge in [0, 0.05) is 5.92 Å². The van der Waals surface area contributed by atoms with Crippen molar-refractivity contribution in [3.8, 4) is 10.7 Å². The van der Waals surface area contributed by atoms with Crippen molar-refractivity contribution in [3.05, 3.63) is 47.7 Å². The Hall–Kier alpha value is -2.27. The number of fused-ring (bicyclic) bond motifs is 1. The van der Waals surface area contributed by atoms with E-state index in [0.717, 1.165) is 33.8 Å². The van der Waals surface area contributed by atoms with Gasteiger partial charge in [-0.2, -0.15) is 0 Å². The highest BCUT2D eigenvalue weighted by Gasteiger charge is 2.30. The monoisotopic (exact) mass is 296 g/mol. The largest absolute Gasteiger partial charge is 0.478 e. The number of carbonyl (C=O) groups is 1. The van der Waals surface area contributed by atoms with Crippen LogP contribution < -0.4 is 0 Å². The number of para-hydroxylation sites is 1. The van der Waals surface area contributed by atoms with E-state index < -0.39 is 5.97 Å². The molecule has 3 aromatic rings. The Kier molecular flexibility index (Phi) is 2.75. The molecule has 1 fully saturated rings. The molecule has 104 valence electrons. The number of carboxylic acid groups (broad SMARTS) is 1. The molecule has 1 saturated carbocycles. The van der Waals surface area contributed by atoms with E-state index in [0.29, 0.717) is 17.2 Å². The van der Waals surface area contributed by atoms with E-state index in [1.54, 1.807) is 23.5 Å². The van der Waals surface area contributed by atoms with Crippen LogP contribution in [-0.2, 0) is 0 Å². The van der Waals surface area contributed by atoms with Crippen LogP contribution in [0.2, 0.25) is 0 Å². The molecule has 5 heteroatoms. The SMILES string of the molecule is O=C(O)c1ccc(-c2nc3ccccc3s2)nc1C1CC1. The number of aromatic carboxylic acids is 1. The van der Waals surface area contributed by atoms with Crippen LogP contribution in [-0.4, -0.2) is 21.0 Å². The van der Waals surface area contributed by atoms with E-state index in [4.69, 9.17) is 0 Å². The summed E-state index contributed by atoms with van der Waals surface area (Å²) in [5, 5.41) is 10.1. The lowest BCUT2D eigenvalue weighted by Crippen LogP contribution is -2.04. The summed E-state index contributed by atoms with van der Waals surface area (Å²) in [4.78, 5) is 20.5. The highest BCUT2D eigenvalue weighted by Crippen LogP contribution is 2.41. The lowest BCUT2D eigenvalue weighted by molar-refractivity contribution is 0.0695. The first-order valence-electron chi connectivity index (χ1n) is 6.82. The van der Waals surface area contributed by atoms with Gasteiger partial charge in [0.15, 0.2) is 0 Å². The molecule has 1 aromatic carbocycles. The summed E-state index contributed by atoms with van der Waals surface area (Å²) >= 11 is 1.58. The minimum Gasteiger partial charge on any atom is -0.478 e. The van der Waals surface area contributed by atoms with Crippen molar-refractivity contribution in [3.63, 3.8) is 0 Å². The normalized spacial score (nSPS) is 14.5. The highest BCUT2D eigenvalue weighted by atomic mass is 32.1. The minimum absolute atomic E-state index is 0.297. The van der Waals surface area contributed by atoms with Gasteiger partial charge in [-0.25, -0.2) is 14.8 Å². The molecule has 2 heterocycles. The van der Waals surface area contributed by atoms with Crippen molar-refractivity contribution in [1.82, 2.24) is 9.97 Å². The van der Waals surface area contributed by atoms with Gasteiger partial charge in [-0.1, -0.05) is 12.1 Å². The molecule has 4 rings (SSSR count). The lowest BCUT2D eigenvalue weighted by Gasteiger charge is -2.05. The summed E-state index contributed by atoms with van der Waals surface area (Å²) in [6, 6.07) is 11.4. The smallest absolute Gasteiger partial charge is 0.337 e. The van der Waals surface area contributed by atoms with E-state index in [2.05, 4.69) is 9.97 Å². The summed E-state index contributed by atoms with van der Waals surface area (Å²) in [5.41, 5.74) is 2.75. The Morgan fingerprint density at radius 2 is 1.95 bits per heavy atom. The Bertz CT molecular complexity index is 819. The van der Waals surface area contributed by atoms with Gasteiger partial charge < -0.3 is 5.11 Å². The molecular weight excluding hydrogens is 284 g/mol. The molecule has 0 saturated heterocycles. The molecule has 0 unspecified atom stereocenters. The summed E-state index contributed by atoms with van der Waals surface area (Å²) in [6.07, 6.45) is 2.05. The van der Waals surface area contributed by atoms with Crippen molar-refractivity contribution >= 4 is 27.5 Å². The van der Waals surface area contributed by atoms with Gasteiger partial charge in [-0.05, 0) is 37.1 Å². The Labute approximate surface area is 125 Å². The number of hydrogen-bond acceptors (Lipinski definition) is 4. The first-order valence-corrected chi connectivity index (χ1v) is 7.64. The van der Waals surface area contributed by atoms with Crippen molar-refractivity contribution in [2.24, 2.45) is 0 Å². The standard InChI is InChI=1S/C16H12N2O2S/c19-16(20)10-7-8-12(17-14(10)9-5-6-9)15-18-11-3-1-2-4-13(11)21-15/h1-4,7-9H,5-6H2,(H,19,20). The molecule has 21 heavy (non-hydrogen) atoms.